The number of fused-ring (bicyclic) bond motifs is 2. The number of amides is 1. The van der Waals surface area contributed by atoms with Gasteiger partial charge in [-0.25, -0.2) is 4.98 Å². The fraction of sp³-hybridized carbons (Fsp3) is 0.286. The monoisotopic (exact) mass is 347 g/mol. The van der Waals surface area contributed by atoms with Gasteiger partial charge in [0, 0.05) is 29.9 Å². The van der Waals surface area contributed by atoms with Crippen molar-refractivity contribution < 1.29 is 9.53 Å². The van der Waals surface area contributed by atoms with E-state index in [4.69, 9.17) is 9.72 Å². The summed E-state index contributed by atoms with van der Waals surface area (Å²) in [4.78, 5) is 23.5. The van der Waals surface area contributed by atoms with Crippen LogP contribution in [-0.2, 0) is 17.9 Å². The number of hydrogen-bond donors (Lipinski definition) is 0. The molecule has 132 valence electrons. The van der Waals surface area contributed by atoms with E-state index >= 15 is 0 Å². The Bertz CT molecular complexity index is 985. The van der Waals surface area contributed by atoms with Crippen LogP contribution >= 0.6 is 0 Å². The van der Waals surface area contributed by atoms with E-state index in [9.17, 15) is 4.79 Å². The Balaban J connectivity index is 1.76. The second kappa shape index (κ2) is 6.41. The van der Waals surface area contributed by atoms with Gasteiger partial charge in [-0.05, 0) is 49.6 Å². The van der Waals surface area contributed by atoms with Gasteiger partial charge < -0.3 is 9.64 Å². The number of aryl methyl sites for hydroxylation is 2. The van der Waals surface area contributed by atoms with Gasteiger partial charge in [-0.3, -0.25) is 9.78 Å². The SMILES string of the molecule is Cc1ccc2cc3c(nc2c1C)O[C@@H](C)C(=O)N(Cc1cccnc1)C3. The van der Waals surface area contributed by atoms with E-state index in [1.807, 2.05) is 17.0 Å². The molecule has 2 aromatic heterocycles. The van der Waals surface area contributed by atoms with Gasteiger partial charge in [0.25, 0.3) is 5.91 Å². The van der Waals surface area contributed by atoms with Gasteiger partial charge in [0.05, 0.1) is 12.1 Å². The molecule has 0 N–H and O–H groups in total. The molecule has 1 aliphatic heterocycles. The first-order chi connectivity index (χ1) is 12.5. The third kappa shape index (κ3) is 2.90. The van der Waals surface area contributed by atoms with Crippen molar-refractivity contribution in [2.24, 2.45) is 0 Å². The summed E-state index contributed by atoms with van der Waals surface area (Å²) in [5.41, 5.74) is 5.20. The maximum atomic E-state index is 12.8. The minimum absolute atomic E-state index is 0.0381. The topological polar surface area (TPSA) is 55.3 Å². The van der Waals surface area contributed by atoms with E-state index in [-0.39, 0.29) is 5.91 Å². The molecular weight excluding hydrogens is 326 g/mol. The molecule has 3 aromatic rings. The average Bonchev–Trinajstić information content (AvgIpc) is 2.75. The van der Waals surface area contributed by atoms with E-state index in [1.165, 1.54) is 5.56 Å². The molecule has 1 aliphatic rings. The Hall–Kier alpha value is -2.95. The standard InChI is InChI=1S/C21H21N3O2/c1-13-6-7-17-9-18-12-24(11-16-5-4-8-22-10-16)21(25)15(3)26-20(18)23-19(17)14(13)2/h4-10,15H,11-12H2,1-3H3/t15-/m0/s1. The first-order valence-electron chi connectivity index (χ1n) is 8.77. The number of ether oxygens (including phenoxy) is 1. The molecule has 1 aromatic carbocycles. The molecule has 1 amide bonds. The van der Waals surface area contributed by atoms with Crippen molar-refractivity contribution in [2.45, 2.75) is 40.0 Å². The minimum atomic E-state index is -0.567. The van der Waals surface area contributed by atoms with Crippen LogP contribution < -0.4 is 4.74 Å². The van der Waals surface area contributed by atoms with Crippen LogP contribution in [-0.4, -0.2) is 26.9 Å². The number of carbonyl (C=O) groups is 1. The normalized spacial score (nSPS) is 17.0. The van der Waals surface area contributed by atoms with Gasteiger partial charge >= 0.3 is 0 Å². The lowest BCUT2D eigenvalue weighted by Gasteiger charge is -2.22. The lowest BCUT2D eigenvalue weighted by molar-refractivity contribution is -0.138. The number of pyridine rings is 2. The Morgan fingerprint density at radius 2 is 2.12 bits per heavy atom. The van der Waals surface area contributed by atoms with Crippen LogP contribution in [0.5, 0.6) is 5.88 Å². The molecule has 0 saturated carbocycles. The van der Waals surface area contributed by atoms with Gasteiger partial charge in [-0.1, -0.05) is 18.2 Å². The lowest BCUT2D eigenvalue weighted by Crippen LogP contribution is -2.37. The summed E-state index contributed by atoms with van der Waals surface area (Å²) in [6, 6.07) is 10.1. The number of nitrogens with zero attached hydrogens (tertiary/aromatic N) is 3. The molecule has 5 nitrogen and oxygen atoms in total. The molecule has 0 bridgehead atoms. The summed E-state index contributed by atoms with van der Waals surface area (Å²) < 4.78 is 5.92. The summed E-state index contributed by atoms with van der Waals surface area (Å²) in [6.45, 7) is 6.90. The second-order valence-electron chi connectivity index (χ2n) is 6.85. The van der Waals surface area contributed by atoms with Crippen LogP contribution in [0.1, 0.15) is 29.2 Å². The Morgan fingerprint density at radius 1 is 1.27 bits per heavy atom. The van der Waals surface area contributed by atoms with Crippen molar-refractivity contribution in [1.29, 1.82) is 0 Å². The van der Waals surface area contributed by atoms with Crippen molar-refractivity contribution in [1.82, 2.24) is 14.9 Å². The van der Waals surface area contributed by atoms with Crippen molar-refractivity contribution in [3.8, 4) is 5.88 Å². The maximum absolute atomic E-state index is 12.8. The molecule has 1 atom stereocenters. The van der Waals surface area contributed by atoms with Crippen molar-refractivity contribution in [3.63, 3.8) is 0 Å². The predicted molar refractivity (Wildman–Crippen MR) is 99.8 cm³/mol. The minimum Gasteiger partial charge on any atom is -0.464 e. The zero-order chi connectivity index (χ0) is 18.3. The summed E-state index contributed by atoms with van der Waals surface area (Å²) in [6.07, 6.45) is 2.95. The van der Waals surface area contributed by atoms with E-state index in [2.05, 4.69) is 37.0 Å². The third-order valence-electron chi connectivity index (χ3n) is 4.96. The summed E-state index contributed by atoms with van der Waals surface area (Å²) >= 11 is 0. The predicted octanol–water partition coefficient (Wildman–Crippen LogP) is 3.56. The maximum Gasteiger partial charge on any atom is 0.264 e. The Kier molecular flexibility index (Phi) is 4.07. The highest BCUT2D eigenvalue weighted by atomic mass is 16.5. The molecule has 4 rings (SSSR count). The molecular formula is C21H21N3O2. The highest BCUT2D eigenvalue weighted by molar-refractivity contribution is 5.86. The Labute approximate surface area is 152 Å². The largest absolute Gasteiger partial charge is 0.464 e. The Morgan fingerprint density at radius 3 is 2.88 bits per heavy atom. The molecule has 0 unspecified atom stereocenters. The highest BCUT2D eigenvalue weighted by Crippen LogP contribution is 2.30. The summed E-state index contributed by atoms with van der Waals surface area (Å²) in [5.74, 6) is 0.518. The molecule has 3 heterocycles. The lowest BCUT2D eigenvalue weighted by atomic mass is 10.0. The number of rotatable bonds is 2. The van der Waals surface area contributed by atoms with Gasteiger partial charge in [-0.2, -0.15) is 0 Å². The molecule has 0 spiro atoms. The van der Waals surface area contributed by atoms with Crippen molar-refractivity contribution in [2.75, 3.05) is 0 Å². The van der Waals surface area contributed by atoms with Crippen molar-refractivity contribution >= 4 is 16.8 Å². The van der Waals surface area contributed by atoms with Crippen LogP contribution in [0.4, 0.5) is 0 Å². The quantitative estimate of drug-likeness (QED) is 0.711. The summed E-state index contributed by atoms with van der Waals surface area (Å²) in [5, 5.41) is 1.07. The van der Waals surface area contributed by atoms with Crippen molar-refractivity contribution in [3.05, 3.63) is 65.0 Å². The average molecular weight is 347 g/mol. The molecule has 0 radical (unpaired) electrons. The zero-order valence-corrected chi connectivity index (χ0v) is 15.2. The van der Waals surface area contributed by atoms with Gasteiger partial charge in [0.15, 0.2) is 6.10 Å². The molecule has 26 heavy (non-hydrogen) atoms. The van der Waals surface area contributed by atoms with E-state index in [0.29, 0.717) is 19.0 Å². The van der Waals surface area contributed by atoms with E-state index in [0.717, 1.165) is 27.6 Å². The summed E-state index contributed by atoms with van der Waals surface area (Å²) in [7, 11) is 0. The van der Waals surface area contributed by atoms with Gasteiger partial charge in [0.2, 0.25) is 5.88 Å². The molecule has 5 heteroatoms. The highest BCUT2D eigenvalue weighted by Gasteiger charge is 2.29. The number of carbonyl (C=O) groups excluding carboxylic acids is 1. The van der Waals surface area contributed by atoms with Crippen LogP contribution in [0.15, 0.2) is 42.7 Å². The second-order valence-corrected chi connectivity index (χ2v) is 6.85. The van der Waals surface area contributed by atoms with Crippen LogP contribution in [0.2, 0.25) is 0 Å². The van der Waals surface area contributed by atoms with Crippen LogP contribution in [0.3, 0.4) is 0 Å². The van der Waals surface area contributed by atoms with Gasteiger partial charge in [-0.15, -0.1) is 0 Å². The molecule has 0 saturated heterocycles. The first-order valence-corrected chi connectivity index (χ1v) is 8.77. The zero-order valence-electron chi connectivity index (χ0n) is 15.2. The smallest absolute Gasteiger partial charge is 0.264 e. The first kappa shape index (κ1) is 16.5. The molecule has 0 fully saturated rings. The van der Waals surface area contributed by atoms with Crippen LogP contribution in [0.25, 0.3) is 10.9 Å². The number of benzene rings is 1. The molecule has 0 aliphatic carbocycles. The number of hydrogen-bond acceptors (Lipinski definition) is 4. The fourth-order valence-corrected chi connectivity index (χ4v) is 3.33. The van der Waals surface area contributed by atoms with Gasteiger partial charge in [0.1, 0.15) is 0 Å². The fourth-order valence-electron chi connectivity index (χ4n) is 3.33. The van der Waals surface area contributed by atoms with Crippen LogP contribution in [0, 0.1) is 13.8 Å². The van der Waals surface area contributed by atoms with E-state index in [1.54, 1.807) is 19.3 Å². The number of aromatic nitrogens is 2. The third-order valence-corrected chi connectivity index (χ3v) is 4.96. The van der Waals surface area contributed by atoms with E-state index < -0.39 is 6.10 Å².